The lowest BCUT2D eigenvalue weighted by Gasteiger charge is -1.99. The summed E-state index contributed by atoms with van der Waals surface area (Å²) in [6, 6.07) is 0. The van der Waals surface area contributed by atoms with Gasteiger partial charge in [-0.05, 0) is 0 Å². The fraction of sp³-hybridized carbons (Fsp3) is 0. The van der Waals surface area contributed by atoms with Gasteiger partial charge in [0.05, 0.1) is 0 Å². The molecule has 0 N–H and O–H groups in total. The normalized spacial score (nSPS) is 9.00. The summed E-state index contributed by atoms with van der Waals surface area (Å²) in [7, 11) is 0. The quantitative estimate of drug-likeness (QED) is 0.270. The highest BCUT2D eigenvalue weighted by molar-refractivity contribution is 5.75. The van der Waals surface area contributed by atoms with Crippen LogP contribution < -0.4 is 0 Å². The van der Waals surface area contributed by atoms with Crippen LogP contribution in [0.1, 0.15) is 0 Å². The summed E-state index contributed by atoms with van der Waals surface area (Å²) in [5, 5.41) is 0. The molecule has 0 aliphatic heterocycles. The Balaban J connectivity index is 0. The maximum atomic E-state index is 12.0. The number of benzene rings is 1. The average Bonchev–Trinajstić information content (AvgIpc) is 2.08. The van der Waals surface area contributed by atoms with Crippen molar-refractivity contribution in [3.05, 3.63) is 34.9 Å². The van der Waals surface area contributed by atoms with Gasteiger partial charge in [-0.3, -0.25) is 4.70 Å². The highest BCUT2D eigenvalue weighted by Gasteiger charge is 2.25. The third-order valence-corrected chi connectivity index (χ3v) is 1.16. The minimum Gasteiger partial charge on any atom is -0.269 e. The van der Waals surface area contributed by atoms with E-state index in [0.717, 1.165) is 0 Å². The molecule has 0 atom stereocenters. The molecule has 14 heavy (non-hydrogen) atoms. The molecule has 0 amide bonds. The summed E-state index contributed by atoms with van der Waals surface area (Å²) in [6.07, 6.45) is 0. The summed E-state index contributed by atoms with van der Waals surface area (Å²) in [4.78, 5) is 0. The van der Waals surface area contributed by atoms with Crippen molar-refractivity contribution in [2.75, 3.05) is 0 Å². The van der Waals surface area contributed by atoms with Crippen LogP contribution in [0, 0.1) is 34.9 Å². The molecule has 3 radical (unpaired) electrons. The van der Waals surface area contributed by atoms with E-state index in [1.807, 2.05) is 0 Å². The van der Waals surface area contributed by atoms with Gasteiger partial charge >= 0.3 is 0 Å². The van der Waals surface area contributed by atoms with E-state index < -0.39 is 34.9 Å². The molecule has 8 heteroatoms. The molecule has 0 bridgehead atoms. The van der Waals surface area contributed by atoms with E-state index in [0.29, 0.717) is 0 Å². The van der Waals surface area contributed by atoms with Crippen molar-refractivity contribution in [1.29, 1.82) is 0 Å². The summed E-state index contributed by atoms with van der Waals surface area (Å²) in [5.74, 6) is -14.2. The zero-order valence-corrected chi connectivity index (χ0v) is 6.25. The third-order valence-electron chi connectivity index (χ3n) is 1.16. The Morgan fingerprint density at radius 3 is 0.571 bits per heavy atom. The highest BCUT2D eigenvalue weighted by atomic mass is 19.2. The molecule has 0 spiro atoms. The maximum absolute atomic E-state index is 12.0. The van der Waals surface area contributed by atoms with Gasteiger partial charge in [-0.25, -0.2) is 26.3 Å². The Morgan fingerprint density at radius 1 is 0.429 bits per heavy atom. The van der Waals surface area contributed by atoms with Crippen LogP contribution in [-0.4, -0.2) is 8.41 Å². The van der Waals surface area contributed by atoms with Crippen molar-refractivity contribution >= 4 is 8.41 Å². The van der Waals surface area contributed by atoms with Gasteiger partial charge in [0.25, 0.3) is 0 Å². The van der Waals surface area contributed by atoms with Crippen LogP contribution in [0.5, 0.6) is 0 Å². The third kappa shape index (κ3) is 1.99. The molecular formula is C6HBF7. The first kappa shape index (κ1) is 15.3. The molecule has 0 nitrogen and oxygen atoms in total. The molecule has 0 aromatic heterocycles. The smallest absolute Gasteiger partial charge is 0.200 e. The second-order valence-electron chi connectivity index (χ2n) is 1.88. The fourth-order valence-electron chi connectivity index (χ4n) is 0.578. The average molecular weight is 217 g/mol. The van der Waals surface area contributed by atoms with E-state index in [9.17, 15) is 26.3 Å². The van der Waals surface area contributed by atoms with Crippen LogP contribution in [0.4, 0.5) is 31.0 Å². The van der Waals surface area contributed by atoms with E-state index >= 15 is 0 Å². The molecule has 1 aromatic carbocycles. The zero-order valence-electron chi connectivity index (χ0n) is 6.25. The summed E-state index contributed by atoms with van der Waals surface area (Å²) < 4.78 is 72.2. The Kier molecular flexibility index (Phi) is 5.32. The molecule has 0 heterocycles. The minimum absolute atomic E-state index is 0. The van der Waals surface area contributed by atoms with Gasteiger partial charge in [-0.1, -0.05) is 0 Å². The lowest BCUT2D eigenvalue weighted by molar-refractivity contribution is 0.334. The number of hydrogen-bond acceptors (Lipinski definition) is 0. The molecule has 0 aliphatic carbocycles. The van der Waals surface area contributed by atoms with E-state index in [2.05, 4.69) is 0 Å². The molecule has 1 aromatic rings. The van der Waals surface area contributed by atoms with Crippen LogP contribution in [0.25, 0.3) is 0 Å². The van der Waals surface area contributed by atoms with Gasteiger partial charge in [-0.15, -0.1) is 0 Å². The van der Waals surface area contributed by atoms with Crippen LogP contribution in [0.3, 0.4) is 0 Å². The molecular weight excluding hydrogens is 216 g/mol. The Morgan fingerprint density at radius 2 is 0.500 bits per heavy atom. The second kappa shape index (κ2) is 4.87. The first-order valence-corrected chi connectivity index (χ1v) is 2.63. The van der Waals surface area contributed by atoms with Crippen LogP contribution >= 0.6 is 0 Å². The van der Waals surface area contributed by atoms with Gasteiger partial charge in [0, 0.05) is 8.41 Å². The predicted octanol–water partition coefficient (Wildman–Crippen LogP) is 2.29. The van der Waals surface area contributed by atoms with Crippen LogP contribution in [-0.2, 0) is 0 Å². The molecule has 1 rings (SSSR count). The summed E-state index contributed by atoms with van der Waals surface area (Å²) >= 11 is 0. The Hall–Kier alpha value is -1.21. The summed E-state index contributed by atoms with van der Waals surface area (Å²) in [6.45, 7) is 0. The first-order valence-electron chi connectivity index (χ1n) is 2.63. The highest BCUT2D eigenvalue weighted by Crippen LogP contribution is 2.20. The molecule has 0 saturated heterocycles. The van der Waals surface area contributed by atoms with Crippen molar-refractivity contribution in [2.24, 2.45) is 0 Å². The van der Waals surface area contributed by atoms with E-state index in [4.69, 9.17) is 0 Å². The van der Waals surface area contributed by atoms with Gasteiger partial charge in [-0.2, -0.15) is 0 Å². The topological polar surface area (TPSA) is 0 Å². The lowest BCUT2D eigenvalue weighted by atomic mass is 10.3. The molecule has 0 aliphatic rings. The van der Waals surface area contributed by atoms with Crippen LogP contribution in [0.2, 0.25) is 0 Å². The molecule has 0 unspecified atom stereocenters. The summed E-state index contributed by atoms with van der Waals surface area (Å²) in [5.41, 5.74) is 0. The van der Waals surface area contributed by atoms with Crippen molar-refractivity contribution in [1.82, 2.24) is 0 Å². The fourth-order valence-corrected chi connectivity index (χ4v) is 0.578. The van der Waals surface area contributed by atoms with E-state index in [-0.39, 0.29) is 13.1 Å². The number of hydrogen-bond donors (Lipinski definition) is 0. The Labute approximate surface area is 75.5 Å². The standard InChI is InChI=1S/C6F6.B.FH/c7-1-2(8)4(10)6(12)5(11)3(1)9;;/h;;1H. The van der Waals surface area contributed by atoms with Crippen molar-refractivity contribution < 1.29 is 31.0 Å². The van der Waals surface area contributed by atoms with Crippen molar-refractivity contribution in [2.45, 2.75) is 0 Å². The maximum Gasteiger partial charge on any atom is 0.200 e. The second-order valence-corrected chi connectivity index (χ2v) is 1.88. The first-order chi connectivity index (χ1) is 5.46. The van der Waals surface area contributed by atoms with Gasteiger partial charge in [0.2, 0.25) is 34.9 Å². The molecule has 0 saturated carbocycles. The van der Waals surface area contributed by atoms with E-state index in [1.54, 1.807) is 0 Å². The molecule has 77 valence electrons. The Bertz CT molecular complexity index is 232. The predicted molar refractivity (Wildman–Crippen MR) is 34.4 cm³/mol. The van der Waals surface area contributed by atoms with Crippen molar-refractivity contribution in [3.63, 3.8) is 0 Å². The number of halogens is 7. The van der Waals surface area contributed by atoms with Gasteiger partial charge < -0.3 is 0 Å². The van der Waals surface area contributed by atoms with Gasteiger partial charge in [0.15, 0.2) is 0 Å². The largest absolute Gasteiger partial charge is 0.269 e. The van der Waals surface area contributed by atoms with Crippen molar-refractivity contribution in [3.8, 4) is 0 Å². The molecule has 0 fully saturated rings. The zero-order chi connectivity index (χ0) is 9.46. The van der Waals surface area contributed by atoms with Crippen LogP contribution in [0.15, 0.2) is 0 Å². The minimum atomic E-state index is -2.37. The van der Waals surface area contributed by atoms with E-state index in [1.165, 1.54) is 0 Å². The monoisotopic (exact) mass is 217 g/mol. The lowest BCUT2D eigenvalue weighted by Crippen LogP contribution is -2.04. The van der Waals surface area contributed by atoms with Gasteiger partial charge in [0.1, 0.15) is 0 Å². The SMILES string of the molecule is F.Fc1c(F)c(F)c(F)c(F)c1F.[B]. The number of rotatable bonds is 0.